The molecule has 0 aliphatic heterocycles. The van der Waals surface area contributed by atoms with Crippen LogP contribution < -0.4 is 0 Å². The molecule has 0 aromatic carbocycles. The van der Waals surface area contributed by atoms with E-state index in [2.05, 4.69) is 0 Å². The van der Waals surface area contributed by atoms with Crippen LogP contribution in [0.3, 0.4) is 0 Å². The topological polar surface area (TPSA) is 74.6 Å². The SMILES string of the molecule is O=[Se](=O)(O)O.[Co]. The van der Waals surface area contributed by atoms with Gasteiger partial charge in [0, 0.05) is 16.8 Å². The summed E-state index contributed by atoms with van der Waals surface area (Å²) >= 11 is -5.25. The minimum atomic E-state index is -5.25. The van der Waals surface area contributed by atoms with Crippen LogP contribution in [0.2, 0.25) is 0 Å². The van der Waals surface area contributed by atoms with Crippen molar-refractivity contribution >= 4 is 13.4 Å². The molecule has 0 atom stereocenters. The van der Waals surface area contributed by atoms with Gasteiger partial charge in [0.05, 0.1) is 0 Å². The minimum Gasteiger partial charge on any atom is 0 e. The van der Waals surface area contributed by atoms with Gasteiger partial charge in [-0.05, 0) is 0 Å². The summed E-state index contributed by atoms with van der Waals surface area (Å²) in [6, 6.07) is 0. The van der Waals surface area contributed by atoms with E-state index in [0.29, 0.717) is 0 Å². The fourth-order valence-corrected chi connectivity index (χ4v) is 0. The van der Waals surface area contributed by atoms with Crippen LogP contribution in [-0.2, 0) is 24.4 Å². The molecule has 2 N–H and O–H groups in total. The van der Waals surface area contributed by atoms with Crippen LogP contribution in [0.4, 0.5) is 0 Å². The summed E-state index contributed by atoms with van der Waals surface area (Å²) in [4.78, 5) is 0. The van der Waals surface area contributed by atoms with Gasteiger partial charge in [0.15, 0.2) is 0 Å². The maximum absolute atomic E-state index is 8.82. The first-order chi connectivity index (χ1) is 2.00. The Morgan fingerprint density at radius 2 is 1.17 bits per heavy atom. The van der Waals surface area contributed by atoms with E-state index < -0.39 is 13.4 Å². The van der Waals surface area contributed by atoms with Gasteiger partial charge >= 0.3 is 29.4 Å². The third-order valence-electron chi connectivity index (χ3n) is 0. The number of rotatable bonds is 0. The maximum atomic E-state index is 8.82. The van der Waals surface area contributed by atoms with E-state index in [1.165, 1.54) is 0 Å². The van der Waals surface area contributed by atoms with Crippen molar-refractivity contribution in [1.29, 1.82) is 0 Å². The molecule has 1 radical (unpaired) electrons. The summed E-state index contributed by atoms with van der Waals surface area (Å²) in [5.41, 5.74) is 0. The first kappa shape index (κ1) is 9.74. The van der Waals surface area contributed by atoms with Crippen LogP contribution in [-0.4, -0.2) is 21.7 Å². The van der Waals surface area contributed by atoms with Crippen LogP contribution in [0, 0.1) is 0 Å². The van der Waals surface area contributed by atoms with Crippen molar-refractivity contribution in [1.82, 2.24) is 0 Å². The normalized spacial score (nSPS) is 9.67. The van der Waals surface area contributed by atoms with Crippen LogP contribution in [0.5, 0.6) is 0 Å². The quantitative estimate of drug-likeness (QED) is 0.459. The third-order valence-corrected chi connectivity index (χ3v) is 0. The first-order valence-corrected chi connectivity index (χ1v) is 3.63. The molecule has 0 aromatic heterocycles. The number of hydrogen-bond donors (Lipinski definition) is 2. The average molecular weight is 204 g/mol. The molecular weight excluding hydrogens is 202 g/mol. The van der Waals surface area contributed by atoms with Crippen molar-refractivity contribution in [2.24, 2.45) is 0 Å². The standard InChI is InChI=1S/Co.H2O4Se/c;1-5(2,3)4/h;(H2,1,2,3,4). The predicted octanol–water partition coefficient (Wildman–Crippen LogP) is -1.73. The van der Waals surface area contributed by atoms with Crippen molar-refractivity contribution < 1.29 is 32.8 Å². The summed E-state index contributed by atoms with van der Waals surface area (Å²) in [5, 5.41) is 0. The Labute approximate surface area is 46.6 Å². The van der Waals surface area contributed by atoms with Gasteiger partial charge in [-0.25, -0.2) is 0 Å². The Kier molecular flexibility index (Phi) is 4.34. The maximum Gasteiger partial charge on any atom is 0 e. The molecule has 4 nitrogen and oxygen atoms in total. The molecule has 0 amide bonds. The predicted molar refractivity (Wildman–Crippen MR) is 11.6 cm³/mol. The van der Waals surface area contributed by atoms with E-state index >= 15 is 0 Å². The Bertz CT molecular complexity index is 90.7. The van der Waals surface area contributed by atoms with Gasteiger partial charge in [0.1, 0.15) is 0 Å². The van der Waals surface area contributed by atoms with E-state index in [1.807, 2.05) is 0 Å². The van der Waals surface area contributed by atoms with Gasteiger partial charge in [-0.1, -0.05) is 0 Å². The molecule has 0 spiro atoms. The van der Waals surface area contributed by atoms with Crippen molar-refractivity contribution in [3.05, 3.63) is 0 Å². The molecule has 0 saturated carbocycles. The molecule has 0 heterocycles. The Balaban J connectivity index is 0. The van der Waals surface area contributed by atoms with E-state index in [4.69, 9.17) is 16.0 Å². The summed E-state index contributed by atoms with van der Waals surface area (Å²) < 4.78 is 31.9. The van der Waals surface area contributed by atoms with Crippen LogP contribution in [0.15, 0.2) is 0 Å². The van der Waals surface area contributed by atoms with Crippen LogP contribution >= 0.6 is 0 Å². The summed E-state index contributed by atoms with van der Waals surface area (Å²) in [5.74, 6) is 0. The van der Waals surface area contributed by atoms with Crippen LogP contribution in [0.1, 0.15) is 0 Å². The van der Waals surface area contributed by atoms with Gasteiger partial charge in [-0.3, -0.25) is 0 Å². The zero-order valence-electron chi connectivity index (χ0n) is 2.45. The largest absolute Gasteiger partial charge is 0 e. The molecule has 0 rings (SSSR count). The summed E-state index contributed by atoms with van der Waals surface area (Å²) in [7, 11) is 0. The van der Waals surface area contributed by atoms with E-state index in [9.17, 15) is 0 Å². The summed E-state index contributed by atoms with van der Waals surface area (Å²) in [6.45, 7) is 0. The Morgan fingerprint density at radius 1 is 1.17 bits per heavy atom. The van der Waals surface area contributed by atoms with Crippen LogP contribution in [0.25, 0.3) is 0 Å². The Hall–Kier alpha value is 0.546. The molecule has 0 aromatic rings. The van der Waals surface area contributed by atoms with Gasteiger partial charge in [-0.2, -0.15) is 0 Å². The van der Waals surface area contributed by atoms with E-state index in [1.54, 1.807) is 0 Å². The molecule has 41 valence electrons. The van der Waals surface area contributed by atoms with Gasteiger partial charge in [0.2, 0.25) is 0 Å². The van der Waals surface area contributed by atoms with Gasteiger partial charge in [0.25, 0.3) is 0 Å². The van der Waals surface area contributed by atoms with Crippen molar-refractivity contribution in [2.75, 3.05) is 0 Å². The van der Waals surface area contributed by atoms with E-state index in [-0.39, 0.29) is 16.8 Å². The number of hydrogen-bond acceptors (Lipinski definition) is 2. The van der Waals surface area contributed by atoms with E-state index in [0.717, 1.165) is 0 Å². The van der Waals surface area contributed by atoms with Crippen molar-refractivity contribution in [3.63, 3.8) is 0 Å². The monoisotopic (exact) mass is 205 g/mol. The zero-order valence-corrected chi connectivity index (χ0v) is 5.21. The summed E-state index contributed by atoms with van der Waals surface area (Å²) in [6.07, 6.45) is 0. The molecule has 0 unspecified atom stereocenters. The van der Waals surface area contributed by atoms with Crippen molar-refractivity contribution in [3.8, 4) is 0 Å². The van der Waals surface area contributed by atoms with Gasteiger partial charge < -0.3 is 0 Å². The second-order valence-corrected chi connectivity index (χ2v) is 2.33. The minimum absolute atomic E-state index is 0. The second-order valence-electron chi connectivity index (χ2n) is 0.448. The fourth-order valence-electron chi connectivity index (χ4n) is 0. The molecule has 0 aliphatic carbocycles. The van der Waals surface area contributed by atoms with Crippen molar-refractivity contribution in [2.45, 2.75) is 0 Å². The molecule has 0 bridgehead atoms. The zero-order chi connectivity index (χ0) is 4.50. The Morgan fingerprint density at radius 3 is 1.17 bits per heavy atom. The molecule has 0 aliphatic rings. The van der Waals surface area contributed by atoms with Gasteiger partial charge in [-0.15, -0.1) is 0 Å². The fraction of sp³-hybridized carbons (Fsp3) is 0. The molecule has 0 fully saturated rings. The molecular formula is H2CoO4Se. The smallest absolute Gasteiger partial charge is 0 e. The molecule has 0 saturated heterocycles. The molecule has 6 heavy (non-hydrogen) atoms. The molecule has 6 heteroatoms. The third kappa shape index (κ3) is 192. The average Bonchev–Trinajstić information content (AvgIpc) is 0.722. The first-order valence-electron chi connectivity index (χ1n) is 0.698. The second kappa shape index (κ2) is 2.67.